The Morgan fingerprint density at radius 1 is 1.91 bits per heavy atom. The number of hydrogen-bond donors (Lipinski definition) is 3. The summed E-state index contributed by atoms with van der Waals surface area (Å²) < 4.78 is 0. The molecule has 1 heterocycles. The number of hydrogen-bond acceptors (Lipinski definition) is 3. The van der Waals surface area contributed by atoms with Gasteiger partial charge in [-0.25, -0.2) is 0 Å². The van der Waals surface area contributed by atoms with Crippen molar-refractivity contribution in [3.8, 4) is 0 Å². The second-order valence-electron chi connectivity index (χ2n) is 2.26. The number of aromatic amines is 1. The highest BCUT2D eigenvalue weighted by atomic mass is 16.4. The Morgan fingerprint density at radius 2 is 2.64 bits per heavy atom. The van der Waals surface area contributed by atoms with Crippen molar-refractivity contribution in [1.82, 2.24) is 10.2 Å². The van der Waals surface area contributed by atoms with E-state index in [0.717, 1.165) is 5.56 Å². The van der Waals surface area contributed by atoms with Crippen molar-refractivity contribution in [2.45, 2.75) is 12.5 Å². The van der Waals surface area contributed by atoms with Gasteiger partial charge in [-0.1, -0.05) is 0 Å². The molecule has 1 aromatic heterocycles. The molecule has 1 rings (SSSR count). The van der Waals surface area contributed by atoms with Gasteiger partial charge >= 0.3 is 5.97 Å². The molecule has 60 valence electrons. The molecule has 1 aromatic rings. The van der Waals surface area contributed by atoms with Crippen LogP contribution in [-0.2, 0) is 11.2 Å². The predicted molar refractivity (Wildman–Crippen MR) is 37.9 cm³/mol. The fraction of sp³-hybridized carbons (Fsp3) is 0.333. The third-order valence-electron chi connectivity index (χ3n) is 1.33. The second-order valence-corrected chi connectivity index (χ2v) is 2.26. The summed E-state index contributed by atoms with van der Waals surface area (Å²) in [5.74, 6) is -0.994. The van der Waals surface area contributed by atoms with E-state index in [0.29, 0.717) is 6.42 Å². The fourth-order valence-electron chi connectivity index (χ4n) is 0.731. The summed E-state index contributed by atoms with van der Waals surface area (Å²) in [5.41, 5.74) is 6.07. The Bertz CT molecular complexity index is 232. The Kier molecular flexibility index (Phi) is 2.22. The van der Waals surface area contributed by atoms with Crippen molar-refractivity contribution < 1.29 is 9.90 Å². The molecule has 0 aliphatic rings. The van der Waals surface area contributed by atoms with Crippen LogP contribution in [0.5, 0.6) is 0 Å². The molecule has 5 heteroatoms. The number of H-pyrrole nitrogens is 1. The van der Waals surface area contributed by atoms with E-state index >= 15 is 0 Å². The lowest BCUT2D eigenvalue weighted by molar-refractivity contribution is -0.138. The topological polar surface area (TPSA) is 92.0 Å². The minimum Gasteiger partial charge on any atom is -0.480 e. The molecule has 0 amide bonds. The zero-order valence-electron chi connectivity index (χ0n) is 5.82. The predicted octanol–water partition coefficient (Wildman–Crippen LogP) is -0.636. The van der Waals surface area contributed by atoms with E-state index in [1.54, 1.807) is 12.4 Å². The summed E-state index contributed by atoms with van der Waals surface area (Å²) in [6.45, 7) is 0. The van der Waals surface area contributed by atoms with Crippen molar-refractivity contribution in [3.63, 3.8) is 0 Å². The van der Waals surface area contributed by atoms with Crippen LogP contribution in [-0.4, -0.2) is 27.3 Å². The molecular weight excluding hydrogens is 146 g/mol. The number of carboxylic acid groups (broad SMARTS) is 1. The van der Waals surface area contributed by atoms with Gasteiger partial charge in [0.2, 0.25) is 0 Å². The maximum absolute atomic E-state index is 10.3. The SMILES string of the molecule is N[C@@H](Cc1cn[nH]c1)C(=O)O. The van der Waals surface area contributed by atoms with Crippen LogP contribution in [0, 0.1) is 0 Å². The molecule has 0 aliphatic heterocycles. The van der Waals surface area contributed by atoms with E-state index in [1.165, 1.54) is 0 Å². The summed E-state index contributed by atoms with van der Waals surface area (Å²) >= 11 is 0. The lowest BCUT2D eigenvalue weighted by Crippen LogP contribution is -2.32. The van der Waals surface area contributed by atoms with Crippen LogP contribution in [0.3, 0.4) is 0 Å². The Morgan fingerprint density at radius 3 is 3.09 bits per heavy atom. The standard InChI is InChI=1S/C6H9N3O2/c7-5(6(10)11)1-4-2-8-9-3-4/h2-3,5H,1,7H2,(H,8,9)(H,10,11)/t5-/m0/s1. The van der Waals surface area contributed by atoms with Crippen molar-refractivity contribution >= 4 is 5.97 Å². The smallest absolute Gasteiger partial charge is 0.320 e. The highest BCUT2D eigenvalue weighted by Crippen LogP contribution is 1.97. The molecule has 0 saturated heterocycles. The van der Waals surface area contributed by atoms with Crippen molar-refractivity contribution in [2.75, 3.05) is 0 Å². The van der Waals surface area contributed by atoms with Gasteiger partial charge in [0, 0.05) is 12.6 Å². The number of carboxylic acids is 1. The summed E-state index contributed by atoms with van der Waals surface area (Å²) in [5, 5.41) is 14.7. The van der Waals surface area contributed by atoms with E-state index in [4.69, 9.17) is 10.8 Å². The van der Waals surface area contributed by atoms with Crippen molar-refractivity contribution in [1.29, 1.82) is 0 Å². The Balaban J connectivity index is 2.50. The number of nitrogens with one attached hydrogen (secondary N) is 1. The minimum absolute atomic E-state index is 0.311. The van der Waals surface area contributed by atoms with E-state index in [1.807, 2.05) is 0 Å². The van der Waals surface area contributed by atoms with Gasteiger partial charge in [-0.3, -0.25) is 9.89 Å². The minimum atomic E-state index is -0.994. The van der Waals surface area contributed by atoms with E-state index < -0.39 is 12.0 Å². The van der Waals surface area contributed by atoms with Crippen LogP contribution < -0.4 is 5.73 Å². The summed E-state index contributed by atoms with van der Waals surface area (Å²) in [7, 11) is 0. The Hall–Kier alpha value is -1.36. The molecule has 0 aromatic carbocycles. The van der Waals surface area contributed by atoms with Crippen LogP contribution in [0.2, 0.25) is 0 Å². The number of rotatable bonds is 3. The van der Waals surface area contributed by atoms with Gasteiger partial charge in [0.05, 0.1) is 6.20 Å². The lowest BCUT2D eigenvalue weighted by atomic mass is 10.1. The first-order valence-corrected chi connectivity index (χ1v) is 3.16. The summed E-state index contributed by atoms with van der Waals surface area (Å²) in [4.78, 5) is 10.3. The molecule has 0 spiro atoms. The molecule has 4 N–H and O–H groups in total. The number of nitrogens with zero attached hydrogens (tertiary/aromatic N) is 1. The zero-order chi connectivity index (χ0) is 8.27. The molecule has 0 bridgehead atoms. The fourth-order valence-corrected chi connectivity index (χ4v) is 0.731. The zero-order valence-corrected chi connectivity index (χ0v) is 5.82. The first-order chi connectivity index (χ1) is 5.20. The van der Waals surface area contributed by atoms with Gasteiger partial charge in [0.15, 0.2) is 0 Å². The van der Waals surface area contributed by atoms with Gasteiger partial charge in [0.1, 0.15) is 6.04 Å². The lowest BCUT2D eigenvalue weighted by Gasteiger charge is -2.01. The van der Waals surface area contributed by atoms with Crippen LogP contribution in [0.1, 0.15) is 5.56 Å². The number of nitrogens with two attached hydrogens (primary N) is 1. The average molecular weight is 155 g/mol. The largest absolute Gasteiger partial charge is 0.480 e. The van der Waals surface area contributed by atoms with Gasteiger partial charge in [0.25, 0.3) is 0 Å². The maximum atomic E-state index is 10.3. The normalized spacial score (nSPS) is 12.8. The van der Waals surface area contributed by atoms with E-state index in [-0.39, 0.29) is 0 Å². The molecule has 11 heavy (non-hydrogen) atoms. The maximum Gasteiger partial charge on any atom is 0.320 e. The average Bonchev–Trinajstić information content (AvgIpc) is 2.39. The van der Waals surface area contributed by atoms with Gasteiger partial charge < -0.3 is 10.8 Å². The van der Waals surface area contributed by atoms with Crippen molar-refractivity contribution in [3.05, 3.63) is 18.0 Å². The molecule has 5 nitrogen and oxygen atoms in total. The monoisotopic (exact) mass is 155 g/mol. The van der Waals surface area contributed by atoms with Gasteiger partial charge in [-0.15, -0.1) is 0 Å². The number of aliphatic carboxylic acids is 1. The van der Waals surface area contributed by atoms with Crippen LogP contribution >= 0.6 is 0 Å². The van der Waals surface area contributed by atoms with E-state index in [2.05, 4.69) is 10.2 Å². The molecule has 0 fully saturated rings. The quantitative estimate of drug-likeness (QED) is 0.541. The third-order valence-corrected chi connectivity index (χ3v) is 1.33. The van der Waals surface area contributed by atoms with Crippen LogP contribution in [0.4, 0.5) is 0 Å². The molecule has 0 unspecified atom stereocenters. The van der Waals surface area contributed by atoms with Crippen molar-refractivity contribution in [2.24, 2.45) is 5.73 Å². The molecule has 0 aliphatic carbocycles. The number of aromatic nitrogens is 2. The molecule has 0 radical (unpaired) electrons. The molecular formula is C6H9N3O2. The second kappa shape index (κ2) is 3.16. The van der Waals surface area contributed by atoms with E-state index in [9.17, 15) is 4.79 Å². The molecule has 1 atom stereocenters. The highest BCUT2D eigenvalue weighted by Gasteiger charge is 2.11. The highest BCUT2D eigenvalue weighted by molar-refractivity contribution is 5.73. The van der Waals surface area contributed by atoms with Crippen LogP contribution in [0.25, 0.3) is 0 Å². The van der Waals surface area contributed by atoms with Crippen LogP contribution in [0.15, 0.2) is 12.4 Å². The molecule has 0 saturated carbocycles. The summed E-state index contributed by atoms with van der Waals surface area (Å²) in [6, 6.07) is -0.840. The van der Waals surface area contributed by atoms with Gasteiger partial charge in [-0.2, -0.15) is 5.10 Å². The third kappa shape index (κ3) is 2.05. The number of carbonyl (C=O) groups is 1. The van der Waals surface area contributed by atoms with Gasteiger partial charge in [-0.05, 0) is 5.56 Å². The first kappa shape index (κ1) is 7.74. The Labute approximate surface area is 63.2 Å². The first-order valence-electron chi connectivity index (χ1n) is 3.16. The summed E-state index contributed by atoms with van der Waals surface area (Å²) in [6.07, 6.45) is 3.50.